The van der Waals surface area contributed by atoms with Gasteiger partial charge >= 0.3 is 20.1 Å². The molecule has 10 rings (SSSR count). The molecule has 0 aliphatic carbocycles. The first kappa shape index (κ1) is 41.3. The third-order valence-corrected chi connectivity index (χ3v) is 11.6. The number of aryl methyl sites for hydroxylation is 4. The Morgan fingerprint density at radius 3 is 1.41 bits per heavy atom. The number of pyridine rings is 3. The maximum atomic E-state index is 4.76. The Morgan fingerprint density at radius 1 is 0.317 bits per heavy atom. The van der Waals surface area contributed by atoms with Crippen LogP contribution in [-0.4, -0.2) is 15.0 Å². The first-order valence-electron chi connectivity index (χ1n) is 21.2. The van der Waals surface area contributed by atoms with Crippen molar-refractivity contribution in [2.75, 3.05) is 0 Å². The van der Waals surface area contributed by atoms with Crippen molar-refractivity contribution >= 4 is 10.8 Å². The van der Waals surface area contributed by atoms with Crippen LogP contribution in [0.15, 0.2) is 207 Å². The summed E-state index contributed by atoms with van der Waals surface area (Å²) in [4.78, 5) is 13.8. The summed E-state index contributed by atoms with van der Waals surface area (Å²) in [7, 11) is 0. The van der Waals surface area contributed by atoms with Crippen LogP contribution in [0.25, 0.3) is 77.9 Å². The summed E-state index contributed by atoms with van der Waals surface area (Å²) in [6.07, 6.45) is 9.22. The van der Waals surface area contributed by atoms with Crippen molar-refractivity contribution in [1.82, 2.24) is 15.0 Å². The molecule has 0 saturated heterocycles. The minimum Gasteiger partial charge on any atom is -0.305 e. The van der Waals surface area contributed by atoms with Gasteiger partial charge in [0.2, 0.25) is 0 Å². The number of benzene rings is 7. The molecular weight excluding hydrogens is 943 g/mol. The van der Waals surface area contributed by atoms with Crippen LogP contribution < -0.4 is 0 Å². The zero-order valence-corrected chi connectivity index (χ0v) is 37.0. The Kier molecular flexibility index (Phi) is 12.6. The molecule has 3 heterocycles. The van der Waals surface area contributed by atoms with Gasteiger partial charge < -0.3 is 15.0 Å². The zero-order chi connectivity index (χ0) is 41.5. The van der Waals surface area contributed by atoms with E-state index in [0.717, 1.165) is 70.6 Å². The maximum absolute atomic E-state index is 4.76. The minimum absolute atomic E-state index is 0. The number of fused-ring (bicyclic) bond motifs is 1. The van der Waals surface area contributed by atoms with E-state index >= 15 is 0 Å². The Labute approximate surface area is 383 Å². The topological polar surface area (TPSA) is 38.7 Å². The molecule has 302 valence electrons. The van der Waals surface area contributed by atoms with Crippen LogP contribution in [0.3, 0.4) is 0 Å². The molecule has 0 aliphatic heterocycles. The summed E-state index contributed by atoms with van der Waals surface area (Å²) in [5.74, 6) is 0. The van der Waals surface area contributed by atoms with E-state index in [2.05, 4.69) is 180 Å². The molecule has 3 nitrogen and oxygen atoms in total. The molecule has 7 aromatic carbocycles. The molecule has 10 aromatic rings. The first-order chi connectivity index (χ1) is 30.7. The molecule has 0 amide bonds. The Morgan fingerprint density at radius 2 is 0.825 bits per heavy atom. The fraction of sp³-hybridized carbons (Fsp3) is 0.0678. The smallest absolute Gasteiger partial charge is 0.305 e. The van der Waals surface area contributed by atoms with Crippen molar-refractivity contribution in [3.8, 4) is 67.2 Å². The van der Waals surface area contributed by atoms with Crippen LogP contribution in [0.1, 0.15) is 22.3 Å². The Bertz CT molecular complexity index is 2990. The average Bonchev–Trinajstić information content (AvgIpc) is 3.36. The fourth-order valence-electron chi connectivity index (χ4n) is 8.24. The van der Waals surface area contributed by atoms with Gasteiger partial charge in [0.05, 0.1) is 0 Å². The predicted molar refractivity (Wildman–Crippen MR) is 254 cm³/mol. The minimum atomic E-state index is 0. The molecule has 0 saturated carbocycles. The van der Waals surface area contributed by atoms with Gasteiger partial charge in [-0.3, -0.25) is 0 Å². The van der Waals surface area contributed by atoms with Crippen LogP contribution in [0.2, 0.25) is 0 Å². The molecule has 0 atom stereocenters. The van der Waals surface area contributed by atoms with Gasteiger partial charge in [0.15, 0.2) is 0 Å². The number of rotatable bonds is 12. The molecule has 63 heavy (non-hydrogen) atoms. The van der Waals surface area contributed by atoms with Gasteiger partial charge in [0, 0.05) is 18.6 Å². The summed E-state index contributed by atoms with van der Waals surface area (Å²) in [6, 6.07) is 77.1. The van der Waals surface area contributed by atoms with E-state index in [1.165, 1.54) is 55.3 Å². The van der Waals surface area contributed by atoms with E-state index in [1.807, 2.05) is 55.0 Å². The molecule has 0 radical (unpaired) electrons. The molecule has 4 heteroatoms. The zero-order valence-electron chi connectivity index (χ0n) is 34.6. The van der Waals surface area contributed by atoms with Crippen molar-refractivity contribution in [2.24, 2.45) is 0 Å². The van der Waals surface area contributed by atoms with Gasteiger partial charge in [-0.05, 0) is 98.3 Å². The molecule has 0 bridgehead atoms. The molecule has 0 fully saturated rings. The van der Waals surface area contributed by atoms with Crippen LogP contribution in [-0.2, 0) is 45.8 Å². The molecule has 0 spiro atoms. The molecule has 0 aliphatic rings. The second kappa shape index (κ2) is 19.3. The summed E-state index contributed by atoms with van der Waals surface area (Å²) < 4.78 is 0. The van der Waals surface area contributed by atoms with Crippen molar-refractivity contribution < 1.29 is 20.1 Å². The third kappa shape index (κ3) is 9.69. The van der Waals surface area contributed by atoms with Gasteiger partial charge in [-0.1, -0.05) is 133 Å². The summed E-state index contributed by atoms with van der Waals surface area (Å²) in [5.41, 5.74) is 17.9. The van der Waals surface area contributed by atoms with Gasteiger partial charge in [0.1, 0.15) is 0 Å². The van der Waals surface area contributed by atoms with E-state index in [-0.39, 0.29) is 20.1 Å². The van der Waals surface area contributed by atoms with Crippen LogP contribution in [0, 0.1) is 18.2 Å². The van der Waals surface area contributed by atoms with Crippen LogP contribution in [0.4, 0.5) is 0 Å². The number of hydrogen-bond acceptors (Lipinski definition) is 3. The number of aromatic nitrogens is 3. The van der Waals surface area contributed by atoms with Crippen molar-refractivity contribution in [1.29, 1.82) is 0 Å². The summed E-state index contributed by atoms with van der Waals surface area (Å²) in [6.45, 7) is 0. The standard InChI is InChI=1S/C59H42N3.Ir/c1-2-10-51-40-52(32-27-46(51)9-1)53-33-36-62-59(41-53)50-30-28-47(29-31-50)55-11-3-4-12-56(55)54-38-44(17-15-42-19-23-48(24-20-42)57-13-5-7-34-60-57)37-45(39-54)18-16-43-21-25-49(26-22-43)58-14-6-8-35-61-58;/h1-14,19-23,25,27-30,32-41H,15-18H2;/q-3;+3. The van der Waals surface area contributed by atoms with E-state index in [4.69, 9.17) is 4.98 Å². The van der Waals surface area contributed by atoms with Crippen molar-refractivity contribution in [2.45, 2.75) is 25.7 Å². The monoisotopic (exact) mass is 985 g/mol. The molecular formula is C59H42IrN3. The van der Waals surface area contributed by atoms with Crippen LogP contribution >= 0.6 is 0 Å². The number of nitrogens with zero attached hydrogens (tertiary/aromatic N) is 3. The second-order valence-electron chi connectivity index (χ2n) is 15.7. The second-order valence-corrected chi connectivity index (χ2v) is 15.7. The first-order valence-corrected chi connectivity index (χ1v) is 21.2. The van der Waals surface area contributed by atoms with Gasteiger partial charge in [-0.15, -0.1) is 101 Å². The number of hydrogen-bond donors (Lipinski definition) is 0. The third-order valence-electron chi connectivity index (χ3n) is 11.6. The maximum Gasteiger partial charge on any atom is 3.00 e. The molecule has 3 aromatic heterocycles. The van der Waals surface area contributed by atoms with E-state index in [1.54, 1.807) is 0 Å². The fourth-order valence-corrected chi connectivity index (χ4v) is 8.24. The van der Waals surface area contributed by atoms with E-state index in [9.17, 15) is 0 Å². The van der Waals surface area contributed by atoms with E-state index < -0.39 is 0 Å². The van der Waals surface area contributed by atoms with E-state index in [0.29, 0.717) is 0 Å². The SMILES string of the molecule is [Ir+3].[c-]1cc(CCc2cc(CCc3c[c-]c(-c4ccccn4)cc3)cc(-c3ccccc3-c3c[c-]c(-c4cc(-c5ccc6ccccc6c5)ccn4)cc3)c2)ccc1-c1ccccn1. The van der Waals surface area contributed by atoms with Gasteiger partial charge in [-0.25, -0.2) is 0 Å². The largest absolute Gasteiger partial charge is 3.00 e. The summed E-state index contributed by atoms with van der Waals surface area (Å²) >= 11 is 0. The van der Waals surface area contributed by atoms with Gasteiger partial charge in [0.25, 0.3) is 0 Å². The summed E-state index contributed by atoms with van der Waals surface area (Å²) in [5, 5.41) is 2.47. The average molecular weight is 985 g/mol. The quantitative estimate of drug-likeness (QED) is 0.115. The van der Waals surface area contributed by atoms with Gasteiger partial charge in [-0.2, -0.15) is 0 Å². The molecule has 0 unspecified atom stereocenters. The Hall–Kier alpha value is -7.10. The van der Waals surface area contributed by atoms with Crippen LogP contribution in [0.5, 0.6) is 0 Å². The Balaban J connectivity index is 0.00000504. The van der Waals surface area contributed by atoms with Crippen molar-refractivity contribution in [3.05, 3.63) is 247 Å². The normalized spacial score (nSPS) is 11.0. The predicted octanol–water partition coefficient (Wildman–Crippen LogP) is 14.0. The van der Waals surface area contributed by atoms with Crippen molar-refractivity contribution in [3.63, 3.8) is 0 Å². The molecule has 0 N–H and O–H groups in total.